The van der Waals surface area contributed by atoms with Crippen molar-refractivity contribution in [1.29, 1.82) is 0 Å². The molecule has 0 atom stereocenters. The van der Waals surface area contributed by atoms with Gasteiger partial charge in [-0.25, -0.2) is 4.39 Å². The Hall–Kier alpha value is -2.49. The molecule has 22 heavy (non-hydrogen) atoms. The van der Waals surface area contributed by atoms with E-state index >= 15 is 0 Å². The van der Waals surface area contributed by atoms with E-state index in [0.29, 0.717) is 12.6 Å². The fourth-order valence-electron chi connectivity index (χ4n) is 2.30. The average Bonchev–Trinajstić information content (AvgIpc) is 3.38. The zero-order chi connectivity index (χ0) is 15.4. The highest BCUT2D eigenvalue weighted by atomic mass is 19.1. The minimum atomic E-state index is -0.260. The van der Waals surface area contributed by atoms with Crippen LogP contribution in [0.15, 0.2) is 54.9 Å². The van der Waals surface area contributed by atoms with Crippen LogP contribution in [-0.4, -0.2) is 21.8 Å². The van der Waals surface area contributed by atoms with Crippen molar-refractivity contribution in [2.45, 2.75) is 25.4 Å². The third-order valence-corrected chi connectivity index (χ3v) is 3.64. The van der Waals surface area contributed by atoms with Gasteiger partial charge in [0.15, 0.2) is 0 Å². The van der Waals surface area contributed by atoms with Gasteiger partial charge in [-0.3, -0.25) is 9.78 Å². The molecule has 0 radical (unpaired) electrons. The van der Waals surface area contributed by atoms with E-state index in [1.807, 2.05) is 17.0 Å². The second-order valence-corrected chi connectivity index (χ2v) is 5.44. The van der Waals surface area contributed by atoms with Crippen molar-refractivity contribution in [1.82, 2.24) is 9.88 Å². The summed E-state index contributed by atoms with van der Waals surface area (Å²) in [6.07, 6.45) is 8.84. The molecule has 1 saturated carbocycles. The van der Waals surface area contributed by atoms with Crippen LogP contribution in [-0.2, 0) is 11.3 Å². The van der Waals surface area contributed by atoms with Crippen LogP contribution in [0.1, 0.15) is 24.0 Å². The number of hydrogen-bond donors (Lipinski definition) is 0. The van der Waals surface area contributed by atoms with Crippen LogP contribution in [0.25, 0.3) is 6.08 Å². The number of aromatic nitrogens is 1. The van der Waals surface area contributed by atoms with Gasteiger partial charge in [0.05, 0.1) is 0 Å². The fourth-order valence-corrected chi connectivity index (χ4v) is 2.30. The van der Waals surface area contributed by atoms with E-state index in [1.54, 1.807) is 36.7 Å². The van der Waals surface area contributed by atoms with Gasteiger partial charge in [-0.1, -0.05) is 18.2 Å². The number of hydrogen-bond acceptors (Lipinski definition) is 2. The smallest absolute Gasteiger partial charge is 0.247 e. The monoisotopic (exact) mass is 296 g/mol. The van der Waals surface area contributed by atoms with E-state index in [0.717, 1.165) is 24.0 Å². The highest BCUT2D eigenvalue weighted by Crippen LogP contribution is 2.28. The molecule has 3 rings (SSSR count). The normalized spacial score (nSPS) is 14.2. The van der Waals surface area contributed by atoms with Crippen molar-refractivity contribution in [3.8, 4) is 0 Å². The molecular weight excluding hydrogens is 279 g/mol. The van der Waals surface area contributed by atoms with Crippen LogP contribution in [0, 0.1) is 5.82 Å². The molecule has 0 aliphatic heterocycles. The second-order valence-electron chi connectivity index (χ2n) is 5.44. The van der Waals surface area contributed by atoms with E-state index in [1.165, 1.54) is 12.1 Å². The van der Waals surface area contributed by atoms with Crippen LogP contribution >= 0.6 is 0 Å². The Morgan fingerprint density at radius 3 is 2.68 bits per heavy atom. The molecule has 1 heterocycles. The molecule has 1 amide bonds. The van der Waals surface area contributed by atoms with Crippen molar-refractivity contribution < 1.29 is 9.18 Å². The predicted octanol–water partition coefficient (Wildman–Crippen LogP) is 3.43. The van der Waals surface area contributed by atoms with E-state index in [-0.39, 0.29) is 11.7 Å². The average molecular weight is 296 g/mol. The lowest BCUT2D eigenvalue weighted by molar-refractivity contribution is -0.127. The zero-order valence-corrected chi connectivity index (χ0v) is 12.2. The summed E-state index contributed by atoms with van der Waals surface area (Å²) in [5.74, 6) is -0.278. The Labute approximate surface area is 129 Å². The number of carbonyl (C=O) groups is 1. The fraction of sp³-hybridized carbons (Fsp3) is 0.222. The number of nitrogens with zero attached hydrogens (tertiary/aromatic N) is 2. The van der Waals surface area contributed by atoms with Crippen LogP contribution in [0.2, 0.25) is 0 Å². The van der Waals surface area contributed by atoms with Gasteiger partial charge in [0.1, 0.15) is 5.82 Å². The Morgan fingerprint density at radius 1 is 1.27 bits per heavy atom. The number of carbonyl (C=O) groups excluding carboxylic acids is 1. The SMILES string of the molecule is O=C(/C=C/c1cccnc1)N(Cc1ccc(F)cc1)C1CC1. The maximum atomic E-state index is 13.0. The Morgan fingerprint density at radius 2 is 2.05 bits per heavy atom. The van der Waals surface area contributed by atoms with Crippen molar-refractivity contribution >= 4 is 12.0 Å². The molecule has 0 unspecified atom stereocenters. The lowest BCUT2D eigenvalue weighted by Crippen LogP contribution is -2.31. The first-order chi connectivity index (χ1) is 10.7. The molecular formula is C18H17FN2O. The van der Waals surface area contributed by atoms with Crippen molar-refractivity contribution in [3.63, 3.8) is 0 Å². The molecule has 1 aromatic carbocycles. The van der Waals surface area contributed by atoms with Crippen molar-refractivity contribution in [3.05, 3.63) is 71.8 Å². The maximum absolute atomic E-state index is 13.0. The molecule has 2 aromatic rings. The van der Waals surface area contributed by atoms with Crippen LogP contribution in [0.5, 0.6) is 0 Å². The Balaban J connectivity index is 1.69. The molecule has 1 aliphatic carbocycles. The standard InChI is InChI=1S/C18H17FN2O/c19-16-6-3-15(4-7-16)13-21(17-8-9-17)18(22)10-5-14-2-1-11-20-12-14/h1-7,10-12,17H,8-9,13H2/b10-5+. The minimum absolute atomic E-state index is 0.0179. The van der Waals surface area contributed by atoms with Gasteiger partial charge < -0.3 is 4.90 Å². The molecule has 0 bridgehead atoms. The predicted molar refractivity (Wildman–Crippen MR) is 83.2 cm³/mol. The van der Waals surface area contributed by atoms with Crippen LogP contribution in [0.4, 0.5) is 4.39 Å². The highest BCUT2D eigenvalue weighted by molar-refractivity contribution is 5.92. The summed E-state index contributed by atoms with van der Waals surface area (Å²) in [6, 6.07) is 10.3. The first kappa shape index (κ1) is 14.4. The third kappa shape index (κ3) is 3.79. The van der Waals surface area contributed by atoms with Crippen molar-refractivity contribution in [2.24, 2.45) is 0 Å². The summed E-state index contributed by atoms with van der Waals surface area (Å²) in [4.78, 5) is 18.3. The largest absolute Gasteiger partial charge is 0.332 e. The first-order valence-corrected chi connectivity index (χ1v) is 7.35. The van der Waals surface area contributed by atoms with Gasteiger partial charge in [-0.05, 0) is 48.2 Å². The summed E-state index contributed by atoms with van der Waals surface area (Å²) >= 11 is 0. The summed E-state index contributed by atoms with van der Waals surface area (Å²) in [6.45, 7) is 0.515. The van der Waals surface area contributed by atoms with Gasteiger partial charge in [-0.2, -0.15) is 0 Å². The molecule has 1 aromatic heterocycles. The summed E-state index contributed by atoms with van der Waals surface area (Å²) in [5, 5.41) is 0. The lowest BCUT2D eigenvalue weighted by Gasteiger charge is -2.21. The second kappa shape index (κ2) is 6.52. The molecule has 112 valence electrons. The molecule has 0 N–H and O–H groups in total. The summed E-state index contributed by atoms with van der Waals surface area (Å²) in [5.41, 5.74) is 1.84. The van der Waals surface area contributed by atoms with E-state index in [2.05, 4.69) is 4.98 Å². The van der Waals surface area contributed by atoms with E-state index in [4.69, 9.17) is 0 Å². The molecule has 1 aliphatic rings. The number of amides is 1. The lowest BCUT2D eigenvalue weighted by atomic mass is 10.2. The maximum Gasteiger partial charge on any atom is 0.247 e. The van der Waals surface area contributed by atoms with Gasteiger partial charge >= 0.3 is 0 Å². The topological polar surface area (TPSA) is 33.2 Å². The number of pyridine rings is 1. The first-order valence-electron chi connectivity index (χ1n) is 7.35. The number of rotatable bonds is 5. The van der Waals surface area contributed by atoms with E-state index in [9.17, 15) is 9.18 Å². The van der Waals surface area contributed by atoms with Crippen LogP contribution < -0.4 is 0 Å². The number of halogens is 1. The molecule has 4 heteroatoms. The van der Waals surface area contributed by atoms with Gasteiger partial charge in [0.2, 0.25) is 5.91 Å². The van der Waals surface area contributed by atoms with Crippen LogP contribution in [0.3, 0.4) is 0 Å². The molecule has 3 nitrogen and oxygen atoms in total. The quantitative estimate of drug-likeness (QED) is 0.792. The molecule has 0 saturated heterocycles. The van der Waals surface area contributed by atoms with E-state index < -0.39 is 0 Å². The highest BCUT2D eigenvalue weighted by Gasteiger charge is 2.31. The Bertz CT molecular complexity index is 663. The molecule has 0 spiro atoms. The summed E-state index contributed by atoms with van der Waals surface area (Å²) < 4.78 is 13.0. The molecule has 1 fully saturated rings. The third-order valence-electron chi connectivity index (χ3n) is 3.64. The summed E-state index contributed by atoms with van der Waals surface area (Å²) in [7, 11) is 0. The number of benzene rings is 1. The van der Waals surface area contributed by atoms with Gasteiger partial charge in [0, 0.05) is 31.1 Å². The Kier molecular flexibility index (Phi) is 4.28. The van der Waals surface area contributed by atoms with Gasteiger partial charge in [-0.15, -0.1) is 0 Å². The minimum Gasteiger partial charge on any atom is -0.332 e. The zero-order valence-electron chi connectivity index (χ0n) is 12.2. The van der Waals surface area contributed by atoms with Gasteiger partial charge in [0.25, 0.3) is 0 Å². The van der Waals surface area contributed by atoms with Crippen molar-refractivity contribution in [2.75, 3.05) is 0 Å².